The van der Waals surface area contributed by atoms with Crippen molar-refractivity contribution in [1.29, 1.82) is 5.26 Å². The highest BCUT2D eigenvalue weighted by atomic mass is 16.5. The number of morpholine rings is 1. The molecule has 0 amide bonds. The summed E-state index contributed by atoms with van der Waals surface area (Å²) in [6.07, 6.45) is 5.69. The van der Waals surface area contributed by atoms with Gasteiger partial charge in [0.1, 0.15) is 0 Å². The van der Waals surface area contributed by atoms with E-state index in [4.69, 9.17) is 16.4 Å². The van der Waals surface area contributed by atoms with Crippen molar-refractivity contribution in [2.24, 2.45) is 0 Å². The van der Waals surface area contributed by atoms with Crippen LogP contribution in [0.4, 0.5) is 0 Å². The lowest BCUT2D eigenvalue weighted by atomic mass is 10.2. The van der Waals surface area contributed by atoms with Gasteiger partial charge in [0.15, 0.2) is 0 Å². The van der Waals surface area contributed by atoms with Crippen molar-refractivity contribution in [3.63, 3.8) is 0 Å². The van der Waals surface area contributed by atoms with Crippen LogP contribution >= 0.6 is 0 Å². The molecule has 1 fully saturated rings. The zero-order chi connectivity index (χ0) is 8.81. The van der Waals surface area contributed by atoms with Crippen molar-refractivity contribution in [3.05, 3.63) is 0 Å². The van der Waals surface area contributed by atoms with Crippen LogP contribution in [-0.4, -0.2) is 37.2 Å². The predicted octanol–water partition coefficient (Wildman–Crippen LogP) is 0.234. The van der Waals surface area contributed by atoms with Crippen LogP contribution in [-0.2, 0) is 4.74 Å². The molecule has 0 N–H and O–H groups in total. The second-order valence-corrected chi connectivity index (χ2v) is 2.79. The predicted molar refractivity (Wildman–Crippen MR) is 45.2 cm³/mol. The van der Waals surface area contributed by atoms with E-state index in [-0.39, 0.29) is 6.10 Å². The molecule has 1 aliphatic heterocycles. The van der Waals surface area contributed by atoms with E-state index in [0.29, 0.717) is 19.6 Å². The molecule has 1 saturated heterocycles. The molecule has 0 radical (unpaired) electrons. The van der Waals surface area contributed by atoms with Crippen molar-refractivity contribution in [3.8, 4) is 18.4 Å². The first-order valence-electron chi connectivity index (χ1n) is 4.01. The number of hydrogen-bond donors (Lipinski definition) is 0. The molecule has 1 heterocycles. The largest absolute Gasteiger partial charge is 0.374 e. The van der Waals surface area contributed by atoms with Gasteiger partial charge in [0.25, 0.3) is 0 Å². The molecule has 0 bridgehead atoms. The van der Waals surface area contributed by atoms with E-state index in [1.165, 1.54) is 0 Å². The Labute approximate surface area is 72.9 Å². The fourth-order valence-corrected chi connectivity index (χ4v) is 1.28. The first kappa shape index (κ1) is 9.06. The molecule has 0 aromatic carbocycles. The lowest BCUT2D eigenvalue weighted by molar-refractivity contribution is -0.0207. The summed E-state index contributed by atoms with van der Waals surface area (Å²) in [6.45, 7) is 3.02. The molecule has 0 aromatic rings. The van der Waals surface area contributed by atoms with Crippen LogP contribution < -0.4 is 0 Å². The third-order valence-corrected chi connectivity index (χ3v) is 1.86. The first-order valence-corrected chi connectivity index (χ1v) is 4.01. The van der Waals surface area contributed by atoms with Crippen LogP contribution in [0.25, 0.3) is 0 Å². The summed E-state index contributed by atoms with van der Waals surface area (Å²) in [7, 11) is 0. The van der Waals surface area contributed by atoms with Gasteiger partial charge in [-0.3, -0.25) is 4.90 Å². The molecule has 0 aliphatic carbocycles. The highest BCUT2D eigenvalue weighted by Crippen LogP contribution is 2.06. The van der Waals surface area contributed by atoms with Crippen LogP contribution in [0.5, 0.6) is 0 Å². The topological polar surface area (TPSA) is 36.3 Å². The maximum absolute atomic E-state index is 8.45. The summed E-state index contributed by atoms with van der Waals surface area (Å²) >= 11 is 0. The minimum atomic E-state index is 0.0529. The number of terminal acetylenes is 1. The molecule has 1 aliphatic rings. The van der Waals surface area contributed by atoms with E-state index in [0.717, 1.165) is 13.1 Å². The molecular formula is C9H12N2O. The van der Waals surface area contributed by atoms with Gasteiger partial charge < -0.3 is 4.74 Å². The Morgan fingerprint density at radius 1 is 1.67 bits per heavy atom. The average Bonchev–Trinajstić information content (AvgIpc) is 2.06. The Kier molecular flexibility index (Phi) is 3.60. The third-order valence-electron chi connectivity index (χ3n) is 1.86. The van der Waals surface area contributed by atoms with E-state index in [1.807, 2.05) is 0 Å². The number of rotatable bonds is 2. The van der Waals surface area contributed by atoms with Gasteiger partial charge >= 0.3 is 0 Å². The SMILES string of the molecule is C#CCN1CCO[C@H](CC#N)C1. The number of hydrogen-bond acceptors (Lipinski definition) is 3. The van der Waals surface area contributed by atoms with Crippen LogP contribution in [0.1, 0.15) is 6.42 Å². The molecule has 12 heavy (non-hydrogen) atoms. The molecule has 0 unspecified atom stereocenters. The summed E-state index contributed by atoms with van der Waals surface area (Å²) in [5, 5.41) is 8.45. The Morgan fingerprint density at radius 3 is 3.17 bits per heavy atom. The zero-order valence-electron chi connectivity index (χ0n) is 6.99. The average molecular weight is 164 g/mol. The molecule has 3 heteroatoms. The van der Waals surface area contributed by atoms with Crippen LogP contribution in [0.15, 0.2) is 0 Å². The van der Waals surface area contributed by atoms with Gasteiger partial charge in [0.05, 0.1) is 31.7 Å². The van der Waals surface area contributed by atoms with Crippen LogP contribution in [0, 0.1) is 23.7 Å². The molecule has 0 aromatic heterocycles. The normalized spacial score (nSPS) is 24.3. The van der Waals surface area contributed by atoms with Gasteiger partial charge in [-0.15, -0.1) is 6.42 Å². The molecule has 0 spiro atoms. The lowest BCUT2D eigenvalue weighted by Crippen LogP contribution is -2.42. The van der Waals surface area contributed by atoms with Crippen LogP contribution in [0.3, 0.4) is 0 Å². The summed E-state index contributed by atoms with van der Waals surface area (Å²) < 4.78 is 5.36. The second-order valence-electron chi connectivity index (χ2n) is 2.79. The van der Waals surface area contributed by atoms with Crippen molar-refractivity contribution in [2.75, 3.05) is 26.2 Å². The van der Waals surface area contributed by atoms with Gasteiger partial charge in [-0.1, -0.05) is 5.92 Å². The molecule has 1 rings (SSSR count). The highest BCUT2D eigenvalue weighted by Gasteiger charge is 2.18. The van der Waals surface area contributed by atoms with Gasteiger partial charge in [-0.2, -0.15) is 5.26 Å². The molecule has 0 saturated carbocycles. The Morgan fingerprint density at radius 2 is 2.50 bits per heavy atom. The van der Waals surface area contributed by atoms with Gasteiger partial charge in [-0.25, -0.2) is 0 Å². The van der Waals surface area contributed by atoms with E-state index in [2.05, 4.69) is 16.9 Å². The zero-order valence-corrected chi connectivity index (χ0v) is 6.99. The summed E-state index contributed by atoms with van der Waals surface area (Å²) in [4.78, 5) is 2.13. The Balaban J connectivity index is 2.32. The highest BCUT2D eigenvalue weighted by molar-refractivity contribution is 4.90. The molecular weight excluding hydrogens is 152 g/mol. The van der Waals surface area contributed by atoms with E-state index in [9.17, 15) is 0 Å². The number of nitriles is 1. The first-order chi connectivity index (χ1) is 5.86. The molecule has 1 atom stereocenters. The summed E-state index contributed by atoms with van der Waals surface area (Å²) in [6, 6.07) is 2.10. The molecule has 64 valence electrons. The van der Waals surface area contributed by atoms with Crippen molar-refractivity contribution in [2.45, 2.75) is 12.5 Å². The lowest BCUT2D eigenvalue weighted by Gasteiger charge is -2.30. The van der Waals surface area contributed by atoms with Crippen molar-refractivity contribution in [1.82, 2.24) is 4.90 Å². The standard InChI is InChI=1S/C9H12N2O/c1-2-5-11-6-7-12-9(8-11)3-4-10/h1,9H,3,5-8H2/t9-/m1/s1. The van der Waals surface area contributed by atoms with E-state index >= 15 is 0 Å². The van der Waals surface area contributed by atoms with Crippen molar-refractivity contribution >= 4 is 0 Å². The Bertz CT molecular complexity index is 192. The minimum absolute atomic E-state index is 0.0529. The number of nitrogens with zero attached hydrogens (tertiary/aromatic N) is 2. The van der Waals surface area contributed by atoms with E-state index in [1.54, 1.807) is 0 Å². The fraction of sp³-hybridized carbons (Fsp3) is 0.667. The van der Waals surface area contributed by atoms with E-state index < -0.39 is 0 Å². The smallest absolute Gasteiger partial charge is 0.0832 e. The third kappa shape index (κ3) is 2.54. The maximum atomic E-state index is 8.45. The van der Waals surface area contributed by atoms with Gasteiger partial charge in [0, 0.05) is 13.1 Å². The molecule has 3 nitrogen and oxygen atoms in total. The van der Waals surface area contributed by atoms with Gasteiger partial charge in [0.2, 0.25) is 0 Å². The van der Waals surface area contributed by atoms with Gasteiger partial charge in [-0.05, 0) is 0 Å². The summed E-state index contributed by atoms with van der Waals surface area (Å²) in [5.74, 6) is 2.59. The maximum Gasteiger partial charge on any atom is 0.0832 e. The van der Waals surface area contributed by atoms with Crippen molar-refractivity contribution < 1.29 is 4.74 Å². The second kappa shape index (κ2) is 4.77. The summed E-state index contributed by atoms with van der Waals surface area (Å²) in [5.41, 5.74) is 0. The minimum Gasteiger partial charge on any atom is -0.374 e. The quantitative estimate of drug-likeness (QED) is 0.548. The fourth-order valence-electron chi connectivity index (χ4n) is 1.28. The number of ether oxygens (including phenoxy) is 1. The monoisotopic (exact) mass is 164 g/mol. The Hall–Kier alpha value is -1.03. The van der Waals surface area contributed by atoms with Crippen LogP contribution in [0.2, 0.25) is 0 Å².